The van der Waals surface area contributed by atoms with Crippen LogP contribution in [0.3, 0.4) is 0 Å². The van der Waals surface area contributed by atoms with Crippen LogP contribution >= 0.6 is 11.3 Å². The average molecular weight is 553 g/mol. The third kappa shape index (κ3) is 5.84. The molecule has 0 aliphatic heterocycles. The maximum atomic E-state index is 7.71. The van der Waals surface area contributed by atoms with E-state index in [4.69, 9.17) is 36.7 Å². The van der Waals surface area contributed by atoms with Gasteiger partial charge in [-0.2, -0.15) is 0 Å². The number of hydrogen-bond acceptors (Lipinski definition) is 6. The van der Waals surface area contributed by atoms with E-state index in [-0.39, 0.29) is 11.7 Å². The van der Waals surface area contributed by atoms with Crippen molar-refractivity contribution in [1.82, 2.24) is 9.55 Å². The second-order valence-electron chi connectivity index (χ2n) is 9.60. The number of ether oxygens (including phenoxy) is 2. The lowest BCUT2D eigenvalue weighted by molar-refractivity contribution is 0.266. The molecule has 0 aliphatic carbocycles. The van der Waals surface area contributed by atoms with Crippen LogP contribution in [0.15, 0.2) is 72.8 Å². The number of aryl methyl sites for hydroxylation is 2. The lowest BCUT2D eigenvalue weighted by Gasteiger charge is -2.09. The van der Waals surface area contributed by atoms with Gasteiger partial charge in [0.25, 0.3) is 0 Å². The highest BCUT2D eigenvalue weighted by molar-refractivity contribution is 7.19. The van der Waals surface area contributed by atoms with Crippen molar-refractivity contribution < 1.29 is 9.47 Å². The molecule has 0 saturated heterocycles. The fourth-order valence-electron chi connectivity index (χ4n) is 4.48. The van der Waals surface area contributed by atoms with Crippen molar-refractivity contribution in [1.29, 1.82) is 10.8 Å². The Labute approximate surface area is 237 Å². The molecule has 5 aromatic rings. The summed E-state index contributed by atoms with van der Waals surface area (Å²) >= 11 is 1.72. The molecule has 0 atom stereocenters. The third-order valence-corrected chi connectivity index (χ3v) is 7.97. The molecule has 0 unspecified atom stereocenters. The normalized spacial score (nSPS) is 11.1. The summed E-state index contributed by atoms with van der Waals surface area (Å²) < 4.78 is 13.8. The number of fused-ring (bicyclic) bond motifs is 1. The Hall–Kier alpha value is -4.63. The molecule has 0 fully saturated rings. The Bertz CT molecular complexity index is 1670. The summed E-state index contributed by atoms with van der Waals surface area (Å²) in [4.78, 5) is 7.14. The molecule has 0 spiro atoms. The first kappa shape index (κ1) is 27.0. The number of nitrogen functional groups attached to an aromatic ring is 2. The molecule has 0 amide bonds. The Morgan fingerprint density at radius 2 is 1.40 bits per heavy atom. The minimum atomic E-state index is 0.0405. The number of thiophene rings is 1. The van der Waals surface area contributed by atoms with Gasteiger partial charge in [-0.25, -0.2) is 4.98 Å². The molecule has 40 heavy (non-hydrogen) atoms. The van der Waals surface area contributed by atoms with Gasteiger partial charge in [-0.15, -0.1) is 11.3 Å². The van der Waals surface area contributed by atoms with Crippen LogP contribution in [0.2, 0.25) is 0 Å². The van der Waals surface area contributed by atoms with E-state index in [1.807, 2.05) is 49.5 Å². The van der Waals surface area contributed by atoms with E-state index < -0.39 is 0 Å². The SMILES string of the molecule is Cc1cc(-c2nc3cc(C(=N)N)ccc3n2C)sc1-c1ccc(OCCCCOc2ccc(C(=N)N)cc2)cc1. The van der Waals surface area contributed by atoms with E-state index in [0.717, 1.165) is 51.6 Å². The number of rotatable bonds is 11. The Morgan fingerprint density at radius 3 is 2.00 bits per heavy atom. The van der Waals surface area contributed by atoms with Crippen LogP contribution in [0.25, 0.3) is 32.2 Å². The molecule has 204 valence electrons. The van der Waals surface area contributed by atoms with E-state index >= 15 is 0 Å². The molecule has 0 aliphatic rings. The van der Waals surface area contributed by atoms with E-state index in [0.29, 0.717) is 24.3 Å². The quantitative estimate of drug-likeness (QED) is 0.0894. The van der Waals surface area contributed by atoms with Crippen molar-refractivity contribution in [3.05, 3.63) is 89.5 Å². The highest BCUT2D eigenvalue weighted by Gasteiger charge is 2.16. The second-order valence-corrected chi connectivity index (χ2v) is 10.7. The van der Waals surface area contributed by atoms with Gasteiger partial charge >= 0.3 is 0 Å². The molecule has 0 radical (unpaired) electrons. The molecule has 5 rings (SSSR count). The second kappa shape index (κ2) is 11.6. The number of imidazole rings is 1. The van der Waals surface area contributed by atoms with E-state index in [1.165, 1.54) is 10.4 Å². The van der Waals surface area contributed by atoms with Crippen molar-refractivity contribution in [3.8, 4) is 32.6 Å². The summed E-state index contributed by atoms with van der Waals surface area (Å²) in [6, 6.07) is 23.3. The van der Waals surface area contributed by atoms with Crippen molar-refractivity contribution in [3.63, 3.8) is 0 Å². The molecular weight excluding hydrogens is 520 g/mol. The van der Waals surface area contributed by atoms with Gasteiger partial charge in [-0.3, -0.25) is 10.8 Å². The van der Waals surface area contributed by atoms with E-state index in [9.17, 15) is 0 Å². The zero-order valence-corrected chi connectivity index (χ0v) is 23.3. The van der Waals surface area contributed by atoms with Crippen molar-refractivity contribution in [2.24, 2.45) is 18.5 Å². The Kier molecular flexibility index (Phi) is 7.84. The van der Waals surface area contributed by atoms with Crippen LogP contribution < -0.4 is 20.9 Å². The number of amidine groups is 2. The first-order chi connectivity index (χ1) is 19.3. The number of nitrogens with one attached hydrogen (secondary N) is 2. The van der Waals surface area contributed by atoms with Crippen LogP contribution in [0, 0.1) is 17.7 Å². The van der Waals surface area contributed by atoms with E-state index in [1.54, 1.807) is 23.5 Å². The van der Waals surface area contributed by atoms with Gasteiger partial charge in [0.15, 0.2) is 5.82 Å². The van der Waals surface area contributed by atoms with Crippen LogP contribution in [0.5, 0.6) is 11.5 Å². The Morgan fingerprint density at radius 1 is 0.825 bits per heavy atom. The lowest BCUT2D eigenvalue weighted by atomic mass is 10.1. The summed E-state index contributed by atoms with van der Waals surface area (Å²) in [6.07, 6.45) is 1.76. The summed E-state index contributed by atoms with van der Waals surface area (Å²) in [6.45, 7) is 3.34. The minimum Gasteiger partial charge on any atom is -0.494 e. The molecule has 3 aromatic carbocycles. The summed E-state index contributed by atoms with van der Waals surface area (Å²) in [7, 11) is 2.01. The molecule has 8 nitrogen and oxygen atoms in total. The number of nitrogens with two attached hydrogens (primary N) is 2. The van der Waals surface area contributed by atoms with Crippen LogP contribution in [-0.4, -0.2) is 34.4 Å². The molecule has 9 heteroatoms. The number of unbranched alkanes of at least 4 members (excludes halogenated alkanes) is 1. The predicted octanol–water partition coefficient (Wildman–Crippen LogP) is 6.08. The summed E-state index contributed by atoms with van der Waals surface area (Å²) in [5.41, 5.74) is 16.7. The monoisotopic (exact) mass is 552 g/mol. The van der Waals surface area contributed by atoms with Gasteiger partial charge < -0.3 is 25.5 Å². The molecular formula is C31H32N6O2S. The van der Waals surface area contributed by atoms with Crippen LogP contribution in [-0.2, 0) is 7.05 Å². The van der Waals surface area contributed by atoms with Crippen molar-refractivity contribution in [2.45, 2.75) is 19.8 Å². The third-order valence-electron chi connectivity index (χ3n) is 6.69. The number of hydrogen-bond donors (Lipinski definition) is 4. The van der Waals surface area contributed by atoms with Crippen LogP contribution in [0.1, 0.15) is 29.5 Å². The fourth-order valence-corrected chi connectivity index (χ4v) is 5.69. The first-order valence-electron chi connectivity index (χ1n) is 13.0. The van der Waals surface area contributed by atoms with Gasteiger partial charge in [0, 0.05) is 23.1 Å². The molecule has 2 heterocycles. The lowest BCUT2D eigenvalue weighted by Crippen LogP contribution is -2.10. The average Bonchev–Trinajstić information content (AvgIpc) is 3.50. The number of benzene rings is 3. The van der Waals surface area contributed by atoms with Gasteiger partial charge in [-0.1, -0.05) is 0 Å². The van der Waals surface area contributed by atoms with Gasteiger partial charge in [-0.05, 0) is 104 Å². The first-order valence-corrected chi connectivity index (χ1v) is 13.8. The fraction of sp³-hybridized carbons (Fsp3) is 0.194. The van der Waals surface area contributed by atoms with Crippen molar-refractivity contribution >= 4 is 34.0 Å². The highest BCUT2D eigenvalue weighted by atomic mass is 32.1. The molecule has 2 aromatic heterocycles. The van der Waals surface area contributed by atoms with Gasteiger partial charge in [0.2, 0.25) is 0 Å². The molecule has 0 saturated carbocycles. The topological polar surface area (TPSA) is 136 Å². The summed E-state index contributed by atoms with van der Waals surface area (Å²) in [5, 5.41) is 15.2. The van der Waals surface area contributed by atoms with Gasteiger partial charge in [0.05, 0.1) is 29.1 Å². The Balaban J connectivity index is 1.16. The number of nitrogens with zero attached hydrogens (tertiary/aromatic N) is 2. The molecule has 6 N–H and O–H groups in total. The highest BCUT2D eigenvalue weighted by Crippen LogP contribution is 2.38. The summed E-state index contributed by atoms with van der Waals surface area (Å²) in [5.74, 6) is 2.60. The van der Waals surface area contributed by atoms with Crippen molar-refractivity contribution in [2.75, 3.05) is 13.2 Å². The standard InChI is InChI=1S/C31H32N6O2S/c1-19-17-27(31-36-25-18-22(30(34)35)9-14-26(25)37(31)2)40-28(19)20-5-10-23(11-6-20)38-15-3-4-16-39-24-12-7-21(8-13-24)29(32)33/h5-14,17-18H,3-4,15-16H2,1-2H3,(H3,32,33)(H3,34,35). The zero-order chi connectivity index (χ0) is 28.2. The number of aromatic nitrogens is 2. The zero-order valence-electron chi connectivity index (χ0n) is 22.5. The maximum Gasteiger partial charge on any atom is 0.150 e. The van der Waals surface area contributed by atoms with Crippen LogP contribution in [0.4, 0.5) is 0 Å². The molecule has 0 bridgehead atoms. The van der Waals surface area contributed by atoms with E-state index in [2.05, 4.69) is 29.7 Å². The minimum absolute atomic E-state index is 0.0405. The largest absolute Gasteiger partial charge is 0.494 e. The predicted molar refractivity (Wildman–Crippen MR) is 163 cm³/mol. The smallest absolute Gasteiger partial charge is 0.150 e. The van der Waals surface area contributed by atoms with Gasteiger partial charge in [0.1, 0.15) is 23.2 Å². The maximum absolute atomic E-state index is 7.71.